The zero-order valence-electron chi connectivity index (χ0n) is 9.58. The normalized spacial score (nSPS) is 20.7. The zero-order valence-corrected chi connectivity index (χ0v) is 10.4. The minimum Gasteiger partial charge on any atom is -0.351 e. The quantitative estimate of drug-likeness (QED) is 0.841. The molecular weight excluding hydrogens is 220 g/mol. The predicted octanol–water partition coefficient (Wildman–Crippen LogP) is 1.67. The summed E-state index contributed by atoms with van der Waals surface area (Å²) < 4.78 is 0. The molecule has 0 saturated carbocycles. The van der Waals surface area contributed by atoms with Gasteiger partial charge in [-0.05, 0) is 43.3 Å². The lowest BCUT2D eigenvalue weighted by Crippen LogP contribution is -2.40. The minimum absolute atomic E-state index is 0.161. The van der Waals surface area contributed by atoms with Crippen LogP contribution in [-0.2, 0) is 11.3 Å². The summed E-state index contributed by atoms with van der Waals surface area (Å²) in [6.45, 7) is 4.64. The van der Waals surface area contributed by atoms with Crippen molar-refractivity contribution in [1.82, 2.24) is 10.6 Å². The van der Waals surface area contributed by atoms with Crippen LogP contribution in [0, 0.1) is 12.8 Å². The van der Waals surface area contributed by atoms with Crippen molar-refractivity contribution in [3.8, 4) is 0 Å². The fourth-order valence-electron chi connectivity index (χ4n) is 1.97. The Morgan fingerprint density at radius 1 is 1.69 bits per heavy atom. The van der Waals surface area contributed by atoms with Gasteiger partial charge < -0.3 is 10.6 Å². The summed E-state index contributed by atoms with van der Waals surface area (Å²) in [5.74, 6) is 0.356. The highest BCUT2D eigenvalue weighted by atomic mass is 32.1. The summed E-state index contributed by atoms with van der Waals surface area (Å²) >= 11 is 1.71. The second-order valence-electron chi connectivity index (χ2n) is 4.29. The van der Waals surface area contributed by atoms with E-state index in [0.29, 0.717) is 6.54 Å². The van der Waals surface area contributed by atoms with Gasteiger partial charge in [-0.3, -0.25) is 4.79 Å². The summed E-state index contributed by atoms with van der Waals surface area (Å²) in [5, 5.41) is 8.36. The van der Waals surface area contributed by atoms with Crippen molar-refractivity contribution in [3.63, 3.8) is 0 Å². The lowest BCUT2D eigenvalue weighted by Gasteiger charge is -2.21. The average molecular weight is 238 g/mol. The lowest BCUT2D eigenvalue weighted by molar-refractivity contribution is -0.125. The monoisotopic (exact) mass is 238 g/mol. The summed E-state index contributed by atoms with van der Waals surface area (Å²) in [4.78, 5) is 13.1. The van der Waals surface area contributed by atoms with Crippen molar-refractivity contribution in [3.05, 3.63) is 21.9 Å². The molecular formula is C12H18N2OS. The first-order chi connectivity index (χ1) is 7.77. The van der Waals surface area contributed by atoms with Crippen LogP contribution in [0.2, 0.25) is 0 Å². The molecule has 2 N–H and O–H groups in total. The Hall–Kier alpha value is -0.870. The van der Waals surface area contributed by atoms with Crippen LogP contribution in [-0.4, -0.2) is 19.0 Å². The maximum Gasteiger partial charge on any atom is 0.224 e. The van der Waals surface area contributed by atoms with Crippen LogP contribution < -0.4 is 10.6 Å². The van der Waals surface area contributed by atoms with Gasteiger partial charge in [0.15, 0.2) is 0 Å². The molecule has 0 aliphatic carbocycles. The third-order valence-corrected chi connectivity index (χ3v) is 4.08. The summed E-state index contributed by atoms with van der Waals surface area (Å²) in [6, 6.07) is 2.09. The third-order valence-electron chi connectivity index (χ3n) is 3.06. The minimum atomic E-state index is 0.161. The number of hydrogen-bond donors (Lipinski definition) is 2. The molecule has 0 bridgehead atoms. The smallest absolute Gasteiger partial charge is 0.224 e. The summed E-state index contributed by atoms with van der Waals surface area (Å²) in [7, 11) is 0. The van der Waals surface area contributed by atoms with Gasteiger partial charge in [0, 0.05) is 11.4 Å². The van der Waals surface area contributed by atoms with Gasteiger partial charge in [-0.1, -0.05) is 0 Å². The van der Waals surface area contributed by atoms with Crippen molar-refractivity contribution in [2.45, 2.75) is 26.3 Å². The van der Waals surface area contributed by atoms with Gasteiger partial charge in [-0.2, -0.15) is 0 Å². The van der Waals surface area contributed by atoms with E-state index in [9.17, 15) is 4.79 Å². The van der Waals surface area contributed by atoms with Crippen LogP contribution in [0.15, 0.2) is 11.4 Å². The van der Waals surface area contributed by atoms with Gasteiger partial charge in [0.1, 0.15) is 0 Å². The van der Waals surface area contributed by atoms with Crippen LogP contribution in [0.3, 0.4) is 0 Å². The Kier molecular flexibility index (Phi) is 3.96. The standard InChI is InChI=1S/C12H18N2OS/c1-9-4-6-16-11(9)8-14-12(15)10-3-2-5-13-7-10/h4,6,10,13H,2-3,5,7-8H2,1H3,(H,14,15). The number of hydrogen-bond acceptors (Lipinski definition) is 3. The molecule has 1 saturated heterocycles. The molecule has 1 amide bonds. The first-order valence-corrected chi connectivity index (χ1v) is 6.66. The van der Waals surface area contributed by atoms with Crippen LogP contribution in [0.4, 0.5) is 0 Å². The van der Waals surface area contributed by atoms with Crippen molar-refractivity contribution in [2.75, 3.05) is 13.1 Å². The van der Waals surface area contributed by atoms with Crippen molar-refractivity contribution >= 4 is 17.2 Å². The highest BCUT2D eigenvalue weighted by Crippen LogP contribution is 2.16. The van der Waals surface area contributed by atoms with Crippen LogP contribution in [0.5, 0.6) is 0 Å². The van der Waals surface area contributed by atoms with Gasteiger partial charge in [0.2, 0.25) is 5.91 Å². The molecule has 1 unspecified atom stereocenters. The van der Waals surface area contributed by atoms with Gasteiger partial charge in [-0.25, -0.2) is 0 Å². The molecule has 1 aliphatic heterocycles. The second kappa shape index (κ2) is 5.46. The Balaban J connectivity index is 1.81. The fraction of sp³-hybridized carbons (Fsp3) is 0.583. The fourth-order valence-corrected chi connectivity index (χ4v) is 2.82. The van der Waals surface area contributed by atoms with E-state index >= 15 is 0 Å². The molecule has 4 heteroatoms. The van der Waals surface area contributed by atoms with E-state index in [1.165, 1.54) is 10.4 Å². The van der Waals surface area contributed by atoms with E-state index in [0.717, 1.165) is 25.9 Å². The molecule has 1 aromatic rings. The van der Waals surface area contributed by atoms with E-state index < -0.39 is 0 Å². The predicted molar refractivity (Wildman–Crippen MR) is 66.5 cm³/mol. The van der Waals surface area contributed by atoms with Gasteiger partial charge >= 0.3 is 0 Å². The Labute approximate surface area is 100 Å². The second-order valence-corrected chi connectivity index (χ2v) is 5.29. The average Bonchev–Trinajstić information content (AvgIpc) is 2.73. The highest BCUT2D eigenvalue weighted by Gasteiger charge is 2.20. The Morgan fingerprint density at radius 3 is 3.19 bits per heavy atom. The molecule has 88 valence electrons. The largest absolute Gasteiger partial charge is 0.351 e. The molecule has 16 heavy (non-hydrogen) atoms. The molecule has 3 nitrogen and oxygen atoms in total. The number of amides is 1. The van der Waals surface area contributed by atoms with E-state index in [-0.39, 0.29) is 11.8 Å². The zero-order chi connectivity index (χ0) is 11.4. The van der Waals surface area contributed by atoms with Gasteiger partial charge in [0.25, 0.3) is 0 Å². The summed E-state index contributed by atoms with van der Waals surface area (Å²) in [5.41, 5.74) is 1.27. The van der Waals surface area contributed by atoms with Crippen LogP contribution >= 0.6 is 11.3 Å². The van der Waals surface area contributed by atoms with Crippen molar-refractivity contribution in [2.24, 2.45) is 5.92 Å². The number of carbonyl (C=O) groups is 1. The highest BCUT2D eigenvalue weighted by molar-refractivity contribution is 7.10. The maximum absolute atomic E-state index is 11.9. The van der Waals surface area contributed by atoms with E-state index in [1.807, 2.05) is 0 Å². The number of carbonyl (C=O) groups excluding carboxylic acids is 1. The van der Waals surface area contributed by atoms with Crippen LogP contribution in [0.1, 0.15) is 23.3 Å². The number of rotatable bonds is 3. The SMILES string of the molecule is Cc1ccsc1CNC(=O)C1CCCNC1. The van der Waals surface area contributed by atoms with E-state index in [1.54, 1.807) is 11.3 Å². The molecule has 0 radical (unpaired) electrons. The van der Waals surface area contributed by atoms with Crippen molar-refractivity contribution < 1.29 is 4.79 Å². The molecule has 0 spiro atoms. The molecule has 0 aromatic carbocycles. The molecule has 2 rings (SSSR count). The molecule has 1 aromatic heterocycles. The van der Waals surface area contributed by atoms with E-state index in [2.05, 4.69) is 29.0 Å². The number of piperidine rings is 1. The number of thiophene rings is 1. The first kappa shape index (κ1) is 11.6. The maximum atomic E-state index is 11.9. The van der Waals surface area contributed by atoms with Crippen molar-refractivity contribution in [1.29, 1.82) is 0 Å². The first-order valence-electron chi connectivity index (χ1n) is 5.79. The lowest BCUT2D eigenvalue weighted by atomic mass is 9.99. The number of aryl methyl sites for hydroxylation is 1. The van der Waals surface area contributed by atoms with Crippen LogP contribution in [0.25, 0.3) is 0 Å². The molecule has 1 aliphatic rings. The van der Waals surface area contributed by atoms with E-state index in [4.69, 9.17) is 0 Å². The topological polar surface area (TPSA) is 41.1 Å². The molecule has 1 fully saturated rings. The Morgan fingerprint density at radius 2 is 2.56 bits per heavy atom. The summed E-state index contributed by atoms with van der Waals surface area (Å²) in [6.07, 6.45) is 2.12. The Bertz CT molecular complexity index is 356. The number of nitrogens with one attached hydrogen (secondary N) is 2. The van der Waals surface area contributed by atoms with Gasteiger partial charge in [-0.15, -0.1) is 11.3 Å². The third kappa shape index (κ3) is 2.83. The van der Waals surface area contributed by atoms with Gasteiger partial charge in [0.05, 0.1) is 12.5 Å². The molecule has 1 atom stereocenters. The molecule has 2 heterocycles.